The van der Waals surface area contributed by atoms with Gasteiger partial charge in [0, 0.05) is 12.5 Å². The molecule has 0 aliphatic rings. The van der Waals surface area contributed by atoms with Gasteiger partial charge in [0.15, 0.2) is 11.5 Å². The van der Waals surface area contributed by atoms with Crippen molar-refractivity contribution in [3.8, 4) is 29.1 Å². The molecule has 0 aliphatic heterocycles. The zero-order valence-corrected chi connectivity index (χ0v) is 46.8. The minimum absolute atomic E-state index is 0.00164. The lowest BCUT2D eigenvalue weighted by atomic mass is 9.72. The van der Waals surface area contributed by atoms with E-state index < -0.39 is 35.0 Å². The van der Waals surface area contributed by atoms with E-state index in [9.17, 15) is 19.2 Å². The average Bonchev–Trinajstić information content (AvgIpc) is 3.43. The van der Waals surface area contributed by atoms with E-state index >= 15 is 0 Å². The Labute approximate surface area is 457 Å². The Bertz CT molecular complexity index is 2500. The molecule has 0 bridgehead atoms. The zero-order valence-electron chi connectivity index (χ0n) is 46.8. The molecule has 0 spiro atoms. The van der Waals surface area contributed by atoms with Crippen LogP contribution in [-0.2, 0) is 35.0 Å². The number of carbonyl (C=O) groups is 4. The van der Waals surface area contributed by atoms with Crippen LogP contribution in [0.5, 0.6) is 23.0 Å². The maximum atomic E-state index is 14.0. The fourth-order valence-corrected chi connectivity index (χ4v) is 8.46. The molecule has 0 aromatic heterocycles. The first-order valence-electron chi connectivity index (χ1n) is 27.7. The largest absolute Gasteiger partial charge is 0.494 e. The average molecular weight is 1060 g/mol. The van der Waals surface area contributed by atoms with Crippen LogP contribution in [0.15, 0.2) is 107 Å². The normalized spacial score (nSPS) is 12.6. The molecule has 2 atom stereocenters. The summed E-state index contributed by atoms with van der Waals surface area (Å²) in [4.78, 5) is 52.8. The molecule has 77 heavy (non-hydrogen) atoms. The summed E-state index contributed by atoms with van der Waals surface area (Å²) >= 11 is 0. The summed E-state index contributed by atoms with van der Waals surface area (Å²) in [7, 11) is 1.44. The van der Waals surface area contributed by atoms with E-state index in [1.54, 1.807) is 56.3 Å². The standard InChI is InChI=1S/C63H83N3O11/c1-8-11-13-14-15-16-20-25-58(75-54-36-30-50(31-37-54)59(68)76-55-40-28-49(46-56(55)71-7)29-41-57(67)73-45-23-42-64)77-60(69)62(4,5)47-63(6,10-3)61(70)74-44-22-18-17-21-43-72-53-38-34-52(35-39-53)66-65-51-32-26-48(27-33-51)24-19-12-9-2/h26-41,46,58H,8-25,43-45,47H2,1-7H3/b41-29+,66-65+. The summed E-state index contributed by atoms with van der Waals surface area (Å²) in [6.45, 7) is 12.6. The lowest BCUT2D eigenvalue weighted by molar-refractivity contribution is -0.179. The highest BCUT2D eigenvalue weighted by Crippen LogP contribution is 2.39. The highest BCUT2D eigenvalue weighted by Gasteiger charge is 2.43. The Morgan fingerprint density at radius 2 is 1.26 bits per heavy atom. The highest BCUT2D eigenvalue weighted by atomic mass is 16.7. The van der Waals surface area contributed by atoms with E-state index in [4.69, 9.17) is 38.4 Å². The molecule has 0 aliphatic carbocycles. The maximum Gasteiger partial charge on any atom is 0.343 e. The second kappa shape index (κ2) is 34.6. The van der Waals surface area contributed by atoms with Crippen molar-refractivity contribution in [3.05, 3.63) is 114 Å². The second-order valence-electron chi connectivity index (χ2n) is 20.3. The molecule has 0 N–H and O–H groups in total. The molecule has 4 rings (SSSR count). The van der Waals surface area contributed by atoms with Gasteiger partial charge in [0.2, 0.25) is 6.29 Å². The third kappa shape index (κ3) is 23.4. The number of esters is 4. The lowest BCUT2D eigenvalue weighted by Crippen LogP contribution is -2.40. The van der Waals surface area contributed by atoms with Crippen LogP contribution < -0.4 is 18.9 Å². The van der Waals surface area contributed by atoms with Crippen LogP contribution in [0.25, 0.3) is 6.08 Å². The first-order valence-corrected chi connectivity index (χ1v) is 27.7. The van der Waals surface area contributed by atoms with Gasteiger partial charge in [0.05, 0.1) is 60.6 Å². The van der Waals surface area contributed by atoms with Gasteiger partial charge < -0.3 is 33.2 Å². The summed E-state index contributed by atoms with van der Waals surface area (Å²) in [5, 5.41) is 17.4. The van der Waals surface area contributed by atoms with Crippen LogP contribution in [0.3, 0.4) is 0 Å². The number of methoxy groups -OCH3 is 1. The summed E-state index contributed by atoms with van der Waals surface area (Å²) < 4.78 is 40.3. The Hall–Kier alpha value is -7.01. The zero-order chi connectivity index (χ0) is 55.7. The van der Waals surface area contributed by atoms with Gasteiger partial charge in [-0.2, -0.15) is 15.5 Å². The van der Waals surface area contributed by atoms with Gasteiger partial charge >= 0.3 is 23.9 Å². The molecular weight excluding hydrogens is 975 g/mol. The summed E-state index contributed by atoms with van der Waals surface area (Å²) in [6, 6.07) is 29.0. The fraction of sp³-hybridized carbons (Fsp3) is 0.508. The van der Waals surface area contributed by atoms with Crippen LogP contribution in [-0.4, -0.2) is 57.1 Å². The molecule has 4 aromatic rings. The SMILES string of the molecule is CCCCCCCCCC(OC(=O)C(C)(C)CC(C)(CC)C(=O)OCCCCCCOc1ccc(/N=N/c2ccc(CCCCC)cc2)cc1)Oc1ccc(C(=O)Oc2ccc(/C=C/C(=O)OCCC#N)cc2OC)cc1. The third-order valence-corrected chi connectivity index (χ3v) is 13.2. The number of ether oxygens (including phenoxy) is 7. The Kier molecular flexibility index (Phi) is 28.1. The van der Waals surface area contributed by atoms with E-state index in [2.05, 4.69) is 36.2 Å². The fourth-order valence-electron chi connectivity index (χ4n) is 8.46. The van der Waals surface area contributed by atoms with Crippen LogP contribution in [0, 0.1) is 22.2 Å². The van der Waals surface area contributed by atoms with Crippen LogP contribution in [0.2, 0.25) is 0 Å². The van der Waals surface area contributed by atoms with Gasteiger partial charge in [-0.25, -0.2) is 9.59 Å². The second-order valence-corrected chi connectivity index (χ2v) is 20.3. The lowest BCUT2D eigenvalue weighted by Gasteiger charge is -2.34. The number of unbranched alkanes of at least 4 members (excludes halogenated alkanes) is 11. The van der Waals surface area contributed by atoms with Crippen LogP contribution in [0.1, 0.15) is 179 Å². The van der Waals surface area contributed by atoms with E-state index in [-0.39, 0.29) is 49.1 Å². The van der Waals surface area contributed by atoms with Crippen molar-refractivity contribution in [2.75, 3.05) is 26.9 Å². The smallest absolute Gasteiger partial charge is 0.343 e. The van der Waals surface area contributed by atoms with E-state index in [1.165, 1.54) is 63.4 Å². The monoisotopic (exact) mass is 1060 g/mol. The first kappa shape index (κ1) is 62.5. The van der Waals surface area contributed by atoms with Crippen LogP contribution in [0.4, 0.5) is 11.4 Å². The van der Waals surface area contributed by atoms with E-state index in [0.717, 1.165) is 68.5 Å². The molecule has 0 saturated heterocycles. The van der Waals surface area contributed by atoms with Crippen molar-refractivity contribution in [2.24, 2.45) is 21.1 Å². The highest BCUT2D eigenvalue weighted by molar-refractivity contribution is 5.92. The number of rotatable bonds is 37. The molecule has 14 heteroatoms. The molecule has 0 heterocycles. The summed E-state index contributed by atoms with van der Waals surface area (Å²) in [5.74, 6) is -0.440. The number of nitriles is 1. The Morgan fingerprint density at radius 3 is 1.91 bits per heavy atom. The van der Waals surface area contributed by atoms with Crippen molar-refractivity contribution < 1.29 is 52.3 Å². The topological polar surface area (TPSA) is 181 Å². The van der Waals surface area contributed by atoms with Crippen molar-refractivity contribution in [1.29, 1.82) is 5.26 Å². The Balaban J connectivity index is 1.24. The molecule has 2 unspecified atom stereocenters. The minimum Gasteiger partial charge on any atom is -0.494 e. The van der Waals surface area contributed by atoms with Gasteiger partial charge in [-0.1, -0.05) is 90.3 Å². The van der Waals surface area contributed by atoms with Crippen molar-refractivity contribution in [3.63, 3.8) is 0 Å². The number of hydrogen-bond acceptors (Lipinski definition) is 14. The van der Waals surface area contributed by atoms with Crippen molar-refractivity contribution in [1.82, 2.24) is 0 Å². The number of carbonyl (C=O) groups excluding carboxylic acids is 4. The molecule has 4 aromatic carbocycles. The van der Waals surface area contributed by atoms with Crippen LogP contribution >= 0.6 is 0 Å². The molecule has 14 nitrogen and oxygen atoms in total. The van der Waals surface area contributed by atoms with Gasteiger partial charge in [-0.05, 0) is 169 Å². The van der Waals surface area contributed by atoms with Crippen molar-refractivity contribution in [2.45, 2.75) is 170 Å². The summed E-state index contributed by atoms with van der Waals surface area (Å²) in [6.07, 6.45) is 18.7. The number of aryl methyl sites for hydroxylation is 1. The number of benzene rings is 4. The molecule has 416 valence electrons. The molecule has 0 saturated carbocycles. The predicted octanol–water partition coefficient (Wildman–Crippen LogP) is 15.9. The van der Waals surface area contributed by atoms with E-state index in [0.29, 0.717) is 37.2 Å². The van der Waals surface area contributed by atoms with E-state index in [1.807, 2.05) is 56.3 Å². The Morgan fingerprint density at radius 1 is 0.649 bits per heavy atom. The first-order chi connectivity index (χ1) is 37.2. The van der Waals surface area contributed by atoms with Crippen molar-refractivity contribution >= 4 is 41.3 Å². The molecule has 0 amide bonds. The van der Waals surface area contributed by atoms with Gasteiger partial charge in [-0.15, -0.1) is 0 Å². The maximum absolute atomic E-state index is 14.0. The molecule has 0 fully saturated rings. The molecule has 0 radical (unpaired) electrons. The number of azo groups is 1. The predicted molar refractivity (Wildman–Crippen MR) is 300 cm³/mol. The molecular formula is C63H83N3O11. The quantitative estimate of drug-likeness (QED) is 0.00794. The van der Waals surface area contributed by atoms with Gasteiger partial charge in [-0.3, -0.25) is 9.59 Å². The van der Waals surface area contributed by atoms with Gasteiger partial charge in [0.1, 0.15) is 18.1 Å². The number of nitrogens with zero attached hydrogens (tertiary/aromatic N) is 3. The van der Waals surface area contributed by atoms with Gasteiger partial charge in [0.25, 0.3) is 0 Å². The minimum atomic E-state index is -1.05. The third-order valence-electron chi connectivity index (χ3n) is 13.2. The number of hydrogen-bond donors (Lipinski definition) is 0. The summed E-state index contributed by atoms with van der Waals surface area (Å²) in [5.41, 5.74) is 1.77.